The van der Waals surface area contributed by atoms with Crippen molar-refractivity contribution in [1.29, 1.82) is 0 Å². The minimum atomic E-state index is 0.424. The van der Waals surface area contributed by atoms with Crippen LogP contribution in [0, 0.1) is 23.7 Å². The molecule has 2 atom stereocenters. The average Bonchev–Trinajstić information content (AvgIpc) is 2.62. The van der Waals surface area contributed by atoms with Crippen LogP contribution in [-0.2, 0) is 6.54 Å². The minimum Gasteiger partial charge on any atom is -0.306 e. The summed E-state index contributed by atoms with van der Waals surface area (Å²) in [5.41, 5.74) is 1.63. The Balaban J connectivity index is 1.54. The van der Waals surface area contributed by atoms with E-state index < -0.39 is 0 Å². The van der Waals surface area contributed by atoms with Crippen molar-refractivity contribution in [3.05, 3.63) is 20.3 Å². The van der Waals surface area contributed by atoms with Crippen LogP contribution < -0.4 is 5.32 Å². The fourth-order valence-electron chi connectivity index (χ4n) is 6.52. The predicted octanol–water partition coefficient (Wildman–Crippen LogP) is 5.66. The minimum absolute atomic E-state index is 0.424. The van der Waals surface area contributed by atoms with Gasteiger partial charge >= 0.3 is 0 Å². The van der Waals surface area contributed by atoms with Crippen molar-refractivity contribution < 1.29 is 0 Å². The highest BCUT2D eigenvalue weighted by atomic mass is 79.9. The Labute approximate surface area is 141 Å². The summed E-state index contributed by atoms with van der Waals surface area (Å²) in [6.45, 7) is 8.36. The molecule has 3 heteroatoms. The standard InChI is InChI=1S/C18H26BrNS/c1-12-15(19)4-14(21-12)8-20-18-7-13-5-16(2,10-18)9-17(3,6-13)11-18/h4,13,20H,5-11H2,1-3H3. The van der Waals surface area contributed by atoms with Crippen molar-refractivity contribution in [3.63, 3.8) is 0 Å². The molecule has 116 valence electrons. The van der Waals surface area contributed by atoms with Gasteiger partial charge < -0.3 is 5.32 Å². The van der Waals surface area contributed by atoms with Gasteiger partial charge in [-0.2, -0.15) is 0 Å². The van der Waals surface area contributed by atoms with E-state index in [0.717, 1.165) is 12.5 Å². The SMILES string of the molecule is Cc1sc(CNC23CC4CC(C)(CC(C)(C4)C2)C3)cc1Br. The highest BCUT2D eigenvalue weighted by molar-refractivity contribution is 9.10. The van der Waals surface area contributed by atoms with Gasteiger partial charge in [-0.15, -0.1) is 11.3 Å². The van der Waals surface area contributed by atoms with Crippen LogP contribution in [0.3, 0.4) is 0 Å². The quantitative estimate of drug-likeness (QED) is 0.726. The molecule has 4 bridgehead atoms. The summed E-state index contributed by atoms with van der Waals surface area (Å²) in [6.07, 6.45) is 8.65. The topological polar surface area (TPSA) is 12.0 Å². The number of thiophene rings is 1. The van der Waals surface area contributed by atoms with Crippen LogP contribution in [0.1, 0.15) is 62.1 Å². The third-order valence-corrected chi connectivity index (χ3v) is 8.31. The fraction of sp³-hybridized carbons (Fsp3) is 0.778. The van der Waals surface area contributed by atoms with Gasteiger partial charge in [0.15, 0.2) is 0 Å². The zero-order chi connectivity index (χ0) is 14.9. The second-order valence-corrected chi connectivity index (χ2v) is 11.1. The van der Waals surface area contributed by atoms with Gasteiger partial charge in [0.25, 0.3) is 0 Å². The summed E-state index contributed by atoms with van der Waals surface area (Å²) < 4.78 is 1.27. The molecule has 21 heavy (non-hydrogen) atoms. The lowest BCUT2D eigenvalue weighted by molar-refractivity contribution is -0.118. The average molecular weight is 368 g/mol. The Morgan fingerprint density at radius 2 is 1.86 bits per heavy atom. The zero-order valence-electron chi connectivity index (χ0n) is 13.4. The lowest BCUT2D eigenvalue weighted by Crippen LogP contribution is -2.63. The van der Waals surface area contributed by atoms with E-state index in [2.05, 4.69) is 48.1 Å². The first kappa shape index (κ1) is 14.7. The van der Waals surface area contributed by atoms with E-state index >= 15 is 0 Å². The monoisotopic (exact) mass is 367 g/mol. The first-order valence-electron chi connectivity index (χ1n) is 8.29. The molecule has 0 radical (unpaired) electrons. The van der Waals surface area contributed by atoms with Crippen LogP contribution in [0.15, 0.2) is 10.5 Å². The summed E-state index contributed by atoms with van der Waals surface area (Å²) in [5, 5.41) is 4.02. The first-order valence-corrected chi connectivity index (χ1v) is 9.90. The van der Waals surface area contributed by atoms with Crippen LogP contribution in [0.4, 0.5) is 0 Å². The summed E-state index contributed by atoms with van der Waals surface area (Å²) >= 11 is 5.58. The van der Waals surface area contributed by atoms with E-state index in [1.165, 1.54) is 52.8 Å². The summed E-state index contributed by atoms with van der Waals surface area (Å²) in [6, 6.07) is 2.30. The van der Waals surface area contributed by atoms with E-state index in [4.69, 9.17) is 0 Å². The molecule has 4 aliphatic rings. The van der Waals surface area contributed by atoms with Crippen LogP contribution in [0.5, 0.6) is 0 Å². The number of hydrogen-bond acceptors (Lipinski definition) is 2. The van der Waals surface area contributed by atoms with Crippen LogP contribution in [-0.4, -0.2) is 5.54 Å². The van der Waals surface area contributed by atoms with Crippen molar-refractivity contribution in [1.82, 2.24) is 5.32 Å². The molecule has 0 saturated heterocycles. The maximum Gasteiger partial charge on any atom is 0.0314 e. The van der Waals surface area contributed by atoms with Crippen LogP contribution in [0.2, 0.25) is 0 Å². The molecule has 1 nitrogen and oxygen atoms in total. The van der Waals surface area contributed by atoms with E-state index in [0.29, 0.717) is 16.4 Å². The molecule has 1 heterocycles. The molecule has 1 aromatic heterocycles. The van der Waals surface area contributed by atoms with E-state index in [9.17, 15) is 0 Å². The predicted molar refractivity (Wildman–Crippen MR) is 93.7 cm³/mol. The van der Waals surface area contributed by atoms with Crippen molar-refractivity contribution in [2.75, 3.05) is 0 Å². The van der Waals surface area contributed by atoms with Gasteiger partial charge in [0.05, 0.1) is 0 Å². The maximum absolute atomic E-state index is 4.02. The molecule has 5 rings (SSSR count). The van der Waals surface area contributed by atoms with Gasteiger partial charge in [0.1, 0.15) is 0 Å². The molecular formula is C18H26BrNS. The Morgan fingerprint density at radius 3 is 2.38 bits per heavy atom. The normalized spacial score (nSPS) is 44.5. The smallest absolute Gasteiger partial charge is 0.0314 e. The molecule has 1 aromatic rings. The lowest BCUT2D eigenvalue weighted by atomic mass is 9.43. The first-order chi connectivity index (χ1) is 9.79. The zero-order valence-corrected chi connectivity index (χ0v) is 15.8. The molecule has 0 aliphatic heterocycles. The van der Waals surface area contributed by atoms with Gasteiger partial charge in [0.2, 0.25) is 0 Å². The van der Waals surface area contributed by atoms with Gasteiger partial charge in [-0.05, 0) is 84.2 Å². The molecule has 2 unspecified atom stereocenters. The second kappa shape index (κ2) is 4.58. The highest BCUT2D eigenvalue weighted by Gasteiger charge is 2.59. The number of aryl methyl sites for hydroxylation is 1. The molecule has 4 fully saturated rings. The van der Waals surface area contributed by atoms with Gasteiger partial charge in [-0.25, -0.2) is 0 Å². The molecule has 0 amide bonds. The summed E-state index contributed by atoms with van der Waals surface area (Å²) in [7, 11) is 0. The number of nitrogens with one attached hydrogen (secondary N) is 1. The highest BCUT2D eigenvalue weighted by Crippen LogP contribution is 2.66. The number of hydrogen-bond donors (Lipinski definition) is 1. The fourth-order valence-corrected chi connectivity index (χ4v) is 8.07. The van der Waals surface area contributed by atoms with Crippen molar-refractivity contribution in [3.8, 4) is 0 Å². The molecule has 1 N–H and O–H groups in total. The van der Waals surface area contributed by atoms with E-state index in [1.807, 2.05) is 11.3 Å². The largest absolute Gasteiger partial charge is 0.306 e. The summed E-state index contributed by atoms with van der Waals surface area (Å²) in [4.78, 5) is 2.88. The van der Waals surface area contributed by atoms with Gasteiger partial charge in [0, 0.05) is 26.3 Å². The van der Waals surface area contributed by atoms with Crippen LogP contribution >= 0.6 is 27.3 Å². The van der Waals surface area contributed by atoms with E-state index in [-0.39, 0.29) is 0 Å². The Hall–Kier alpha value is 0.140. The molecule has 4 saturated carbocycles. The third kappa shape index (κ3) is 2.53. The Morgan fingerprint density at radius 1 is 1.19 bits per heavy atom. The molecule has 4 aliphatic carbocycles. The number of halogens is 1. The van der Waals surface area contributed by atoms with Crippen LogP contribution in [0.25, 0.3) is 0 Å². The van der Waals surface area contributed by atoms with Gasteiger partial charge in [-0.3, -0.25) is 0 Å². The Bertz CT molecular complexity index is 540. The third-order valence-electron chi connectivity index (χ3n) is 6.17. The van der Waals surface area contributed by atoms with Crippen molar-refractivity contribution in [2.45, 2.75) is 71.4 Å². The molecule has 0 spiro atoms. The second-order valence-electron chi connectivity index (χ2n) is 8.88. The summed E-state index contributed by atoms with van der Waals surface area (Å²) in [5.74, 6) is 0.973. The van der Waals surface area contributed by atoms with Gasteiger partial charge in [-0.1, -0.05) is 13.8 Å². The lowest BCUT2D eigenvalue weighted by Gasteiger charge is -2.65. The molecule has 0 aromatic carbocycles. The van der Waals surface area contributed by atoms with Crippen molar-refractivity contribution in [2.24, 2.45) is 16.7 Å². The van der Waals surface area contributed by atoms with Crippen molar-refractivity contribution >= 4 is 27.3 Å². The van der Waals surface area contributed by atoms with E-state index in [1.54, 1.807) is 0 Å². The maximum atomic E-state index is 4.02. The molecular weight excluding hydrogens is 342 g/mol. The number of rotatable bonds is 3. The Kier molecular flexibility index (Phi) is 3.21.